The molecule has 0 radical (unpaired) electrons. The number of carbonyl (C=O) groups is 2. The van der Waals surface area contributed by atoms with Gasteiger partial charge in [-0.3, -0.25) is 9.59 Å². The number of ether oxygens (including phenoxy) is 1. The molecule has 0 aromatic heterocycles. The first-order chi connectivity index (χ1) is 9.36. The molecule has 2 N–H and O–H groups in total. The van der Waals surface area contributed by atoms with Gasteiger partial charge in [0.1, 0.15) is 0 Å². The first kappa shape index (κ1) is 16.9. The van der Waals surface area contributed by atoms with Gasteiger partial charge in [-0.25, -0.2) is 0 Å². The number of nitrogens with one attached hydrogen (secondary N) is 1. The largest absolute Gasteiger partial charge is 0.394 e. The van der Waals surface area contributed by atoms with Crippen LogP contribution in [-0.2, 0) is 14.3 Å². The van der Waals surface area contributed by atoms with Gasteiger partial charge >= 0.3 is 0 Å². The molecule has 0 aliphatic carbocycles. The first-order valence-electron chi connectivity index (χ1n) is 7.12. The Balaban J connectivity index is 2.27. The highest BCUT2D eigenvalue weighted by molar-refractivity contribution is 5.81. The average molecular weight is 286 g/mol. The van der Waals surface area contributed by atoms with Gasteiger partial charge in [0.15, 0.2) is 0 Å². The van der Waals surface area contributed by atoms with E-state index in [1.54, 1.807) is 4.90 Å². The minimum atomic E-state index is -0.407. The van der Waals surface area contributed by atoms with Crippen LogP contribution in [0, 0.1) is 5.41 Å². The molecule has 0 bridgehead atoms. The molecule has 2 amide bonds. The zero-order chi connectivity index (χ0) is 15.2. The first-order valence-corrected chi connectivity index (χ1v) is 7.12. The fourth-order valence-electron chi connectivity index (χ4n) is 1.98. The summed E-state index contributed by atoms with van der Waals surface area (Å²) < 4.78 is 5.24. The molecular formula is C14H26N2O4. The van der Waals surface area contributed by atoms with E-state index in [0.717, 1.165) is 0 Å². The van der Waals surface area contributed by atoms with Gasteiger partial charge in [-0.1, -0.05) is 20.8 Å². The second-order valence-corrected chi connectivity index (χ2v) is 6.11. The molecule has 6 nitrogen and oxygen atoms in total. The van der Waals surface area contributed by atoms with E-state index >= 15 is 0 Å². The molecule has 20 heavy (non-hydrogen) atoms. The Morgan fingerprint density at radius 1 is 1.40 bits per heavy atom. The van der Waals surface area contributed by atoms with Crippen LogP contribution >= 0.6 is 0 Å². The van der Waals surface area contributed by atoms with E-state index in [1.165, 1.54) is 0 Å². The summed E-state index contributed by atoms with van der Waals surface area (Å²) in [5.41, 5.74) is -0.407. The van der Waals surface area contributed by atoms with Crippen LogP contribution in [0.15, 0.2) is 0 Å². The molecule has 0 aromatic carbocycles. The maximum absolute atomic E-state index is 12.1. The summed E-state index contributed by atoms with van der Waals surface area (Å²) in [6.45, 7) is 7.42. The highest BCUT2D eigenvalue weighted by Crippen LogP contribution is 2.12. The predicted molar refractivity (Wildman–Crippen MR) is 75.1 cm³/mol. The van der Waals surface area contributed by atoms with Crippen molar-refractivity contribution in [1.82, 2.24) is 10.2 Å². The standard InChI is InChI=1S/C14H26N2O4/c1-14(2,3)13(19)15-6-4-5-12(18)16-7-8-20-10-11(16)9-17/h11,17H,4-10H2,1-3H3,(H,15,19). The van der Waals surface area contributed by atoms with E-state index in [4.69, 9.17) is 4.74 Å². The number of nitrogens with zero attached hydrogens (tertiary/aromatic N) is 1. The molecule has 1 atom stereocenters. The van der Waals surface area contributed by atoms with Gasteiger partial charge in [-0.2, -0.15) is 0 Å². The lowest BCUT2D eigenvalue weighted by atomic mass is 9.96. The predicted octanol–water partition coefficient (Wildman–Crippen LogP) is 0.149. The highest BCUT2D eigenvalue weighted by Gasteiger charge is 2.26. The lowest BCUT2D eigenvalue weighted by Gasteiger charge is -2.34. The molecule has 1 unspecified atom stereocenters. The zero-order valence-corrected chi connectivity index (χ0v) is 12.6. The Morgan fingerprint density at radius 2 is 2.10 bits per heavy atom. The minimum absolute atomic E-state index is 0.00967. The fraction of sp³-hybridized carbons (Fsp3) is 0.857. The van der Waals surface area contributed by atoms with Gasteiger partial charge in [-0.05, 0) is 6.42 Å². The van der Waals surface area contributed by atoms with Crippen molar-refractivity contribution < 1.29 is 19.4 Å². The molecule has 116 valence electrons. The van der Waals surface area contributed by atoms with E-state index in [1.807, 2.05) is 20.8 Å². The van der Waals surface area contributed by atoms with Crippen molar-refractivity contribution in [3.63, 3.8) is 0 Å². The molecule has 1 saturated heterocycles. The number of hydrogen-bond donors (Lipinski definition) is 2. The smallest absolute Gasteiger partial charge is 0.225 e. The molecule has 1 aliphatic rings. The Labute approximate surface area is 120 Å². The van der Waals surface area contributed by atoms with E-state index in [0.29, 0.717) is 39.1 Å². The SMILES string of the molecule is CC(C)(C)C(=O)NCCCC(=O)N1CCOCC1CO. The van der Waals surface area contributed by atoms with Crippen molar-refractivity contribution in [1.29, 1.82) is 0 Å². The van der Waals surface area contributed by atoms with Crippen molar-refractivity contribution in [3.8, 4) is 0 Å². The Kier molecular flexibility index (Phi) is 6.42. The summed E-state index contributed by atoms with van der Waals surface area (Å²) in [5.74, 6) is 0.00177. The zero-order valence-electron chi connectivity index (χ0n) is 12.6. The minimum Gasteiger partial charge on any atom is -0.394 e. The van der Waals surface area contributed by atoms with Crippen molar-refractivity contribution in [2.75, 3.05) is 32.9 Å². The maximum atomic E-state index is 12.1. The lowest BCUT2D eigenvalue weighted by molar-refractivity contribution is -0.141. The maximum Gasteiger partial charge on any atom is 0.225 e. The van der Waals surface area contributed by atoms with Crippen molar-refractivity contribution >= 4 is 11.8 Å². The van der Waals surface area contributed by atoms with Gasteiger partial charge in [0, 0.05) is 24.9 Å². The third-order valence-electron chi connectivity index (χ3n) is 3.29. The molecule has 0 saturated carbocycles. The van der Waals surface area contributed by atoms with E-state index in [2.05, 4.69) is 5.32 Å². The van der Waals surface area contributed by atoms with Crippen LogP contribution in [0.2, 0.25) is 0 Å². The number of rotatable bonds is 5. The van der Waals surface area contributed by atoms with Crippen LogP contribution in [0.5, 0.6) is 0 Å². The summed E-state index contributed by atoms with van der Waals surface area (Å²) in [5, 5.41) is 12.0. The molecule has 6 heteroatoms. The molecule has 1 heterocycles. The number of aliphatic hydroxyl groups is 1. The fourth-order valence-corrected chi connectivity index (χ4v) is 1.98. The third kappa shape index (κ3) is 5.09. The van der Waals surface area contributed by atoms with Gasteiger partial charge < -0.3 is 20.1 Å². The van der Waals surface area contributed by atoms with Crippen LogP contribution in [0.3, 0.4) is 0 Å². The van der Waals surface area contributed by atoms with Crippen LogP contribution in [0.1, 0.15) is 33.6 Å². The van der Waals surface area contributed by atoms with E-state index in [9.17, 15) is 14.7 Å². The van der Waals surface area contributed by atoms with Gasteiger partial charge in [0.2, 0.25) is 11.8 Å². The number of hydrogen-bond acceptors (Lipinski definition) is 4. The summed E-state index contributed by atoms with van der Waals surface area (Å²) in [4.78, 5) is 25.4. The molecular weight excluding hydrogens is 260 g/mol. The van der Waals surface area contributed by atoms with Crippen molar-refractivity contribution in [2.45, 2.75) is 39.7 Å². The molecule has 0 spiro atoms. The van der Waals surface area contributed by atoms with Crippen LogP contribution in [0.4, 0.5) is 0 Å². The number of morpholine rings is 1. The van der Waals surface area contributed by atoms with Gasteiger partial charge in [-0.15, -0.1) is 0 Å². The molecule has 1 aliphatic heterocycles. The molecule has 0 aromatic rings. The number of aliphatic hydroxyl groups excluding tert-OH is 1. The Morgan fingerprint density at radius 3 is 2.70 bits per heavy atom. The molecule has 1 rings (SSSR count). The summed E-state index contributed by atoms with van der Waals surface area (Å²) >= 11 is 0. The Hall–Kier alpha value is -1.14. The Bertz CT molecular complexity index is 339. The van der Waals surface area contributed by atoms with E-state index in [-0.39, 0.29) is 24.5 Å². The van der Waals surface area contributed by atoms with Gasteiger partial charge in [0.05, 0.1) is 25.9 Å². The second-order valence-electron chi connectivity index (χ2n) is 6.11. The number of amides is 2. The van der Waals surface area contributed by atoms with Gasteiger partial charge in [0.25, 0.3) is 0 Å². The third-order valence-corrected chi connectivity index (χ3v) is 3.29. The molecule has 1 fully saturated rings. The quantitative estimate of drug-likeness (QED) is 0.705. The normalized spacial score (nSPS) is 19.8. The average Bonchev–Trinajstić information content (AvgIpc) is 2.41. The van der Waals surface area contributed by atoms with Crippen molar-refractivity contribution in [2.24, 2.45) is 5.41 Å². The van der Waals surface area contributed by atoms with Crippen LogP contribution in [0.25, 0.3) is 0 Å². The van der Waals surface area contributed by atoms with Crippen LogP contribution < -0.4 is 5.32 Å². The lowest BCUT2D eigenvalue weighted by Crippen LogP contribution is -2.50. The highest BCUT2D eigenvalue weighted by atomic mass is 16.5. The van der Waals surface area contributed by atoms with Crippen LogP contribution in [-0.4, -0.2) is 60.8 Å². The summed E-state index contributed by atoms with van der Waals surface area (Å²) in [6.07, 6.45) is 0.983. The monoisotopic (exact) mass is 286 g/mol. The second kappa shape index (κ2) is 7.59. The summed E-state index contributed by atoms with van der Waals surface area (Å²) in [7, 11) is 0. The van der Waals surface area contributed by atoms with Crippen molar-refractivity contribution in [3.05, 3.63) is 0 Å². The topological polar surface area (TPSA) is 78.9 Å². The van der Waals surface area contributed by atoms with E-state index < -0.39 is 5.41 Å². The summed E-state index contributed by atoms with van der Waals surface area (Å²) in [6, 6.07) is -0.236. The number of carbonyl (C=O) groups excluding carboxylic acids is 2.